The van der Waals surface area contributed by atoms with Crippen LogP contribution in [0.3, 0.4) is 0 Å². The summed E-state index contributed by atoms with van der Waals surface area (Å²) in [5.74, 6) is 1.42. The minimum absolute atomic E-state index is 0.274. The molecule has 0 aromatic heterocycles. The van der Waals surface area contributed by atoms with Gasteiger partial charge in [-0.05, 0) is 32.1 Å². The van der Waals surface area contributed by atoms with E-state index in [1.54, 1.807) is 6.92 Å². The molecule has 0 heterocycles. The molecular weight excluding hydrogens is 242 g/mol. The Morgan fingerprint density at radius 2 is 1.68 bits per heavy atom. The van der Waals surface area contributed by atoms with Gasteiger partial charge in [-0.15, -0.1) is 0 Å². The first-order chi connectivity index (χ1) is 9.17. The summed E-state index contributed by atoms with van der Waals surface area (Å²) in [5, 5.41) is 9.24. The molecule has 0 fully saturated rings. The highest BCUT2D eigenvalue weighted by Gasteiger charge is 2.06. The van der Waals surface area contributed by atoms with E-state index in [0.717, 1.165) is 25.4 Å². The quantitative estimate of drug-likeness (QED) is 0.744. The summed E-state index contributed by atoms with van der Waals surface area (Å²) in [6.45, 7) is 9.85. The Balaban J connectivity index is 2.48. The number of hydrogen-bond acceptors (Lipinski definition) is 4. The number of likely N-dealkylation sites (N-methyl/N-ethyl adjacent to an activating group) is 1. The minimum Gasteiger partial charge on any atom is -0.488 e. The molecule has 19 heavy (non-hydrogen) atoms. The normalized spacial score (nSPS) is 12.5. The smallest absolute Gasteiger partial charge is 0.161 e. The zero-order valence-electron chi connectivity index (χ0n) is 12.1. The van der Waals surface area contributed by atoms with Crippen molar-refractivity contribution in [2.75, 3.05) is 32.8 Å². The van der Waals surface area contributed by atoms with Crippen molar-refractivity contribution < 1.29 is 14.6 Å². The standard InChI is InChI=1S/C15H25NO3/c1-4-16(5-2)10-11-18-14-8-6-7-9-15(14)19-12-13(3)17/h6-9,13,17H,4-5,10-12H2,1-3H3/t13-/m1/s1. The largest absolute Gasteiger partial charge is 0.488 e. The molecule has 0 bridgehead atoms. The molecule has 4 heteroatoms. The lowest BCUT2D eigenvalue weighted by atomic mass is 10.3. The molecule has 0 unspecified atom stereocenters. The third kappa shape index (κ3) is 5.94. The molecule has 1 aromatic rings. The third-order valence-corrected chi connectivity index (χ3v) is 2.89. The summed E-state index contributed by atoms with van der Waals surface area (Å²) < 4.78 is 11.3. The van der Waals surface area contributed by atoms with Crippen LogP contribution in [0.4, 0.5) is 0 Å². The molecule has 108 valence electrons. The number of benzene rings is 1. The van der Waals surface area contributed by atoms with Crippen LogP contribution >= 0.6 is 0 Å². The number of para-hydroxylation sites is 2. The van der Waals surface area contributed by atoms with Crippen LogP contribution in [-0.4, -0.2) is 49.0 Å². The summed E-state index contributed by atoms with van der Waals surface area (Å²) >= 11 is 0. The average Bonchev–Trinajstić information content (AvgIpc) is 2.42. The van der Waals surface area contributed by atoms with Gasteiger partial charge in [0.15, 0.2) is 11.5 Å². The highest BCUT2D eigenvalue weighted by molar-refractivity contribution is 5.39. The van der Waals surface area contributed by atoms with Crippen LogP contribution < -0.4 is 9.47 Å². The van der Waals surface area contributed by atoms with E-state index in [9.17, 15) is 5.11 Å². The van der Waals surface area contributed by atoms with Gasteiger partial charge in [-0.1, -0.05) is 26.0 Å². The molecule has 1 atom stereocenters. The first-order valence-corrected chi connectivity index (χ1v) is 6.92. The molecule has 4 nitrogen and oxygen atoms in total. The number of rotatable bonds is 9. The topological polar surface area (TPSA) is 41.9 Å². The Morgan fingerprint density at radius 1 is 1.11 bits per heavy atom. The third-order valence-electron chi connectivity index (χ3n) is 2.89. The van der Waals surface area contributed by atoms with Crippen LogP contribution in [0.25, 0.3) is 0 Å². The van der Waals surface area contributed by atoms with Crippen LogP contribution in [0.1, 0.15) is 20.8 Å². The van der Waals surface area contributed by atoms with E-state index in [1.807, 2.05) is 24.3 Å². The maximum absolute atomic E-state index is 9.24. The summed E-state index contributed by atoms with van der Waals surface area (Å²) in [4.78, 5) is 2.30. The number of nitrogens with zero attached hydrogens (tertiary/aromatic N) is 1. The van der Waals surface area contributed by atoms with Crippen molar-refractivity contribution >= 4 is 0 Å². The molecule has 1 N–H and O–H groups in total. The van der Waals surface area contributed by atoms with Crippen molar-refractivity contribution in [1.29, 1.82) is 0 Å². The lowest BCUT2D eigenvalue weighted by molar-refractivity contribution is 0.119. The monoisotopic (exact) mass is 267 g/mol. The lowest BCUT2D eigenvalue weighted by Gasteiger charge is -2.19. The van der Waals surface area contributed by atoms with Crippen LogP contribution in [0.15, 0.2) is 24.3 Å². The van der Waals surface area contributed by atoms with Crippen LogP contribution in [0, 0.1) is 0 Å². The van der Waals surface area contributed by atoms with Gasteiger partial charge < -0.3 is 19.5 Å². The second-order valence-electron chi connectivity index (χ2n) is 4.48. The molecule has 1 aromatic carbocycles. The first kappa shape index (κ1) is 15.8. The Labute approximate surface area is 115 Å². The average molecular weight is 267 g/mol. The van der Waals surface area contributed by atoms with Crippen molar-refractivity contribution in [1.82, 2.24) is 4.90 Å². The van der Waals surface area contributed by atoms with Crippen molar-refractivity contribution in [3.05, 3.63) is 24.3 Å². The second-order valence-corrected chi connectivity index (χ2v) is 4.48. The van der Waals surface area contributed by atoms with Gasteiger partial charge in [-0.25, -0.2) is 0 Å². The van der Waals surface area contributed by atoms with E-state index in [2.05, 4.69) is 18.7 Å². The highest BCUT2D eigenvalue weighted by atomic mass is 16.5. The number of aliphatic hydroxyl groups excluding tert-OH is 1. The SMILES string of the molecule is CCN(CC)CCOc1ccccc1OC[C@@H](C)O. The van der Waals surface area contributed by atoms with Gasteiger partial charge >= 0.3 is 0 Å². The van der Waals surface area contributed by atoms with Crippen LogP contribution in [0.5, 0.6) is 11.5 Å². The van der Waals surface area contributed by atoms with Gasteiger partial charge in [-0.3, -0.25) is 0 Å². The fraction of sp³-hybridized carbons (Fsp3) is 0.600. The number of hydrogen-bond donors (Lipinski definition) is 1. The van der Waals surface area contributed by atoms with E-state index in [4.69, 9.17) is 9.47 Å². The van der Waals surface area contributed by atoms with E-state index >= 15 is 0 Å². The number of ether oxygens (including phenoxy) is 2. The van der Waals surface area contributed by atoms with Gasteiger partial charge in [0.1, 0.15) is 13.2 Å². The van der Waals surface area contributed by atoms with Crippen molar-refractivity contribution in [2.45, 2.75) is 26.9 Å². The maximum Gasteiger partial charge on any atom is 0.161 e. The maximum atomic E-state index is 9.24. The Kier molecular flexibility index (Phi) is 7.30. The van der Waals surface area contributed by atoms with E-state index in [0.29, 0.717) is 12.4 Å². The highest BCUT2D eigenvalue weighted by Crippen LogP contribution is 2.26. The van der Waals surface area contributed by atoms with Crippen molar-refractivity contribution in [3.8, 4) is 11.5 Å². The van der Waals surface area contributed by atoms with E-state index in [1.165, 1.54) is 0 Å². The zero-order chi connectivity index (χ0) is 14.1. The van der Waals surface area contributed by atoms with Gasteiger partial charge in [0, 0.05) is 6.54 Å². The second kappa shape index (κ2) is 8.77. The zero-order valence-corrected chi connectivity index (χ0v) is 12.1. The molecule has 0 spiro atoms. The lowest BCUT2D eigenvalue weighted by Crippen LogP contribution is -2.28. The molecule has 0 saturated heterocycles. The van der Waals surface area contributed by atoms with Crippen molar-refractivity contribution in [2.24, 2.45) is 0 Å². The van der Waals surface area contributed by atoms with Gasteiger partial charge in [0.05, 0.1) is 6.10 Å². The molecule has 0 saturated carbocycles. The Hall–Kier alpha value is -1.26. The van der Waals surface area contributed by atoms with Crippen molar-refractivity contribution in [3.63, 3.8) is 0 Å². The van der Waals surface area contributed by atoms with E-state index in [-0.39, 0.29) is 6.61 Å². The fourth-order valence-corrected chi connectivity index (χ4v) is 1.72. The van der Waals surface area contributed by atoms with Gasteiger partial charge in [0.25, 0.3) is 0 Å². The Morgan fingerprint density at radius 3 is 2.21 bits per heavy atom. The molecule has 0 aliphatic heterocycles. The summed E-state index contributed by atoms with van der Waals surface area (Å²) in [7, 11) is 0. The summed E-state index contributed by atoms with van der Waals surface area (Å²) in [6.07, 6.45) is -0.483. The summed E-state index contributed by atoms with van der Waals surface area (Å²) in [6, 6.07) is 7.56. The van der Waals surface area contributed by atoms with E-state index < -0.39 is 6.10 Å². The molecule has 1 rings (SSSR count). The molecular formula is C15H25NO3. The Bertz CT molecular complexity index is 351. The minimum atomic E-state index is -0.483. The fourth-order valence-electron chi connectivity index (χ4n) is 1.72. The van der Waals surface area contributed by atoms with Crippen LogP contribution in [-0.2, 0) is 0 Å². The molecule has 0 aliphatic rings. The van der Waals surface area contributed by atoms with Crippen LogP contribution in [0.2, 0.25) is 0 Å². The number of aliphatic hydroxyl groups is 1. The predicted molar refractivity (Wildman–Crippen MR) is 76.9 cm³/mol. The predicted octanol–water partition coefficient (Wildman–Crippen LogP) is 2.17. The molecule has 0 amide bonds. The first-order valence-electron chi connectivity index (χ1n) is 6.92. The summed E-state index contributed by atoms with van der Waals surface area (Å²) in [5.41, 5.74) is 0. The van der Waals surface area contributed by atoms with Gasteiger partial charge in [0.2, 0.25) is 0 Å². The van der Waals surface area contributed by atoms with Gasteiger partial charge in [-0.2, -0.15) is 0 Å². The molecule has 0 aliphatic carbocycles. The molecule has 0 radical (unpaired) electrons.